The minimum absolute atomic E-state index is 0.0455. The molecule has 7 nitrogen and oxygen atoms in total. The van der Waals surface area contributed by atoms with Crippen LogP contribution in [0.25, 0.3) is 32.8 Å². The zero-order valence-electron chi connectivity index (χ0n) is 17.1. The number of amides is 2. The first kappa shape index (κ1) is 20.9. The highest BCUT2D eigenvalue weighted by Crippen LogP contribution is 2.33. The standard InChI is InChI=1S/C24H17N3O4S2/c28-24(27-33(29,30)20-15-18-13-7-8-14-19(18)32-20)26-23-21(16-9-3-1-4-10-16)25-22(31-23)17-11-5-2-6-12-17/h1-15H,(H2,26,27,28). The molecule has 0 radical (unpaired) electrons. The van der Waals surface area contributed by atoms with Crippen LogP contribution < -0.4 is 10.0 Å². The molecular formula is C24H17N3O4S2. The van der Waals surface area contributed by atoms with Gasteiger partial charge in [-0.2, -0.15) is 0 Å². The van der Waals surface area contributed by atoms with Crippen LogP contribution in [0.1, 0.15) is 0 Å². The van der Waals surface area contributed by atoms with Gasteiger partial charge in [-0.1, -0.05) is 66.7 Å². The third-order valence-corrected chi connectivity index (χ3v) is 7.74. The Bertz CT molecular complexity index is 1510. The van der Waals surface area contributed by atoms with E-state index in [2.05, 4.69) is 15.0 Å². The quantitative estimate of drug-likeness (QED) is 0.338. The zero-order valence-corrected chi connectivity index (χ0v) is 18.7. The predicted molar refractivity (Wildman–Crippen MR) is 129 cm³/mol. The molecule has 0 aliphatic carbocycles. The third kappa shape index (κ3) is 4.36. The molecule has 0 saturated carbocycles. The molecule has 2 aromatic heterocycles. The summed E-state index contributed by atoms with van der Waals surface area (Å²) >= 11 is 1.09. The van der Waals surface area contributed by atoms with E-state index in [9.17, 15) is 13.2 Å². The molecule has 9 heteroatoms. The summed E-state index contributed by atoms with van der Waals surface area (Å²) in [4.78, 5) is 17.2. The summed E-state index contributed by atoms with van der Waals surface area (Å²) in [5.41, 5.74) is 1.83. The SMILES string of the molecule is O=C(Nc1oc(-c2ccccc2)nc1-c1ccccc1)NS(=O)(=O)c1cc2ccccc2s1. The molecular weight excluding hydrogens is 458 g/mol. The smallest absolute Gasteiger partial charge is 0.335 e. The summed E-state index contributed by atoms with van der Waals surface area (Å²) < 4.78 is 34.3. The number of sulfonamides is 1. The van der Waals surface area contributed by atoms with E-state index in [0.29, 0.717) is 17.1 Å². The molecule has 0 bridgehead atoms. The van der Waals surface area contributed by atoms with E-state index in [4.69, 9.17) is 4.42 Å². The van der Waals surface area contributed by atoms with Gasteiger partial charge in [0.2, 0.25) is 11.8 Å². The summed E-state index contributed by atoms with van der Waals surface area (Å²) in [5, 5.41) is 3.29. The number of rotatable bonds is 5. The number of hydrogen-bond acceptors (Lipinski definition) is 6. The average molecular weight is 476 g/mol. The predicted octanol–water partition coefficient (Wildman–Crippen LogP) is 5.73. The van der Waals surface area contributed by atoms with Crippen molar-refractivity contribution in [1.29, 1.82) is 0 Å². The van der Waals surface area contributed by atoms with Crippen LogP contribution in [0.2, 0.25) is 0 Å². The number of benzene rings is 3. The maximum absolute atomic E-state index is 12.8. The Kier molecular flexibility index (Phi) is 5.41. The first-order valence-electron chi connectivity index (χ1n) is 9.94. The number of carbonyl (C=O) groups is 1. The monoisotopic (exact) mass is 475 g/mol. The molecule has 0 unspecified atom stereocenters. The first-order chi connectivity index (χ1) is 16.0. The fourth-order valence-electron chi connectivity index (χ4n) is 3.29. The Hall–Kier alpha value is -3.95. The van der Waals surface area contributed by atoms with Crippen LogP contribution in [-0.4, -0.2) is 19.4 Å². The molecule has 0 fully saturated rings. The van der Waals surface area contributed by atoms with Crippen molar-refractivity contribution in [1.82, 2.24) is 9.71 Å². The average Bonchev–Trinajstić information content (AvgIpc) is 3.45. The van der Waals surface area contributed by atoms with E-state index >= 15 is 0 Å². The lowest BCUT2D eigenvalue weighted by atomic mass is 10.1. The number of nitrogens with one attached hydrogen (secondary N) is 2. The molecule has 0 aliphatic rings. The Labute approximate surface area is 193 Å². The van der Waals surface area contributed by atoms with E-state index in [1.54, 1.807) is 0 Å². The minimum atomic E-state index is -4.07. The minimum Gasteiger partial charge on any atom is -0.420 e. The molecule has 164 valence electrons. The van der Waals surface area contributed by atoms with Gasteiger partial charge in [0.25, 0.3) is 10.0 Å². The summed E-state index contributed by atoms with van der Waals surface area (Å²) in [6.45, 7) is 0. The van der Waals surface area contributed by atoms with E-state index in [0.717, 1.165) is 27.0 Å². The van der Waals surface area contributed by atoms with Crippen molar-refractivity contribution < 1.29 is 17.6 Å². The van der Waals surface area contributed by atoms with Crippen molar-refractivity contribution in [3.05, 3.63) is 91.0 Å². The van der Waals surface area contributed by atoms with Crippen LogP contribution in [0.4, 0.5) is 10.7 Å². The maximum atomic E-state index is 12.8. The second-order valence-corrected chi connectivity index (χ2v) is 10.1. The lowest BCUT2D eigenvalue weighted by Crippen LogP contribution is -2.34. The van der Waals surface area contributed by atoms with Gasteiger partial charge in [0.1, 0.15) is 9.90 Å². The van der Waals surface area contributed by atoms with Crippen molar-refractivity contribution in [2.24, 2.45) is 0 Å². The maximum Gasteiger partial charge on any atom is 0.335 e. The van der Waals surface area contributed by atoms with Crippen LogP contribution in [0, 0.1) is 0 Å². The van der Waals surface area contributed by atoms with Gasteiger partial charge in [0.15, 0.2) is 0 Å². The van der Waals surface area contributed by atoms with Gasteiger partial charge >= 0.3 is 6.03 Å². The van der Waals surface area contributed by atoms with Crippen molar-refractivity contribution in [2.75, 3.05) is 5.32 Å². The van der Waals surface area contributed by atoms with Crippen molar-refractivity contribution in [2.45, 2.75) is 4.21 Å². The number of thiophene rings is 1. The van der Waals surface area contributed by atoms with Crippen LogP contribution in [0.15, 0.2) is 99.6 Å². The number of hydrogen-bond donors (Lipinski definition) is 2. The Morgan fingerprint density at radius 3 is 2.18 bits per heavy atom. The van der Waals surface area contributed by atoms with Gasteiger partial charge < -0.3 is 4.42 Å². The third-order valence-electron chi connectivity index (χ3n) is 4.82. The molecule has 0 spiro atoms. The molecule has 3 aromatic carbocycles. The highest BCUT2D eigenvalue weighted by molar-refractivity contribution is 7.92. The van der Waals surface area contributed by atoms with E-state index in [1.165, 1.54) is 6.07 Å². The fraction of sp³-hybridized carbons (Fsp3) is 0. The first-order valence-corrected chi connectivity index (χ1v) is 12.2. The molecule has 5 aromatic rings. The van der Waals surface area contributed by atoms with E-state index in [1.807, 2.05) is 84.9 Å². The van der Waals surface area contributed by atoms with E-state index < -0.39 is 16.1 Å². The highest BCUT2D eigenvalue weighted by atomic mass is 32.2. The molecule has 2 heterocycles. The Morgan fingerprint density at radius 2 is 1.48 bits per heavy atom. The lowest BCUT2D eigenvalue weighted by molar-refractivity contribution is 0.256. The second-order valence-electron chi connectivity index (χ2n) is 7.09. The van der Waals surface area contributed by atoms with Crippen LogP contribution >= 0.6 is 11.3 Å². The number of fused-ring (bicyclic) bond motifs is 1. The van der Waals surface area contributed by atoms with Crippen LogP contribution in [0.3, 0.4) is 0 Å². The summed E-state index contributed by atoms with van der Waals surface area (Å²) in [6, 6.07) is 26.3. The van der Waals surface area contributed by atoms with Gasteiger partial charge in [-0.25, -0.2) is 22.9 Å². The molecule has 33 heavy (non-hydrogen) atoms. The number of nitrogens with zero attached hydrogens (tertiary/aromatic N) is 1. The van der Waals surface area contributed by atoms with Gasteiger partial charge in [-0.15, -0.1) is 11.3 Å². The Balaban J connectivity index is 1.44. The summed E-state index contributed by atoms with van der Waals surface area (Å²) in [6.07, 6.45) is 0. The Morgan fingerprint density at radius 1 is 0.848 bits per heavy atom. The van der Waals surface area contributed by atoms with Crippen LogP contribution in [-0.2, 0) is 10.0 Å². The number of anilines is 1. The van der Waals surface area contributed by atoms with Gasteiger partial charge in [-0.05, 0) is 29.7 Å². The summed E-state index contributed by atoms with van der Waals surface area (Å²) in [7, 11) is -4.07. The van der Waals surface area contributed by atoms with Crippen molar-refractivity contribution >= 4 is 43.4 Å². The normalized spacial score (nSPS) is 11.4. The van der Waals surface area contributed by atoms with Crippen LogP contribution in [0.5, 0.6) is 0 Å². The lowest BCUT2D eigenvalue weighted by Gasteiger charge is -2.06. The molecule has 2 N–H and O–H groups in total. The topological polar surface area (TPSA) is 101 Å². The largest absolute Gasteiger partial charge is 0.420 e. The highest BCUT2D eigenvalue weighted by Gasteiger charge is 2.23. The molecule has 0 aliphatic heterocycles. The second kappa shape index (κ2) is 8.53. The molecule has 0 saturated heterocycles. The molecule has 0 atom stereocenters. The van der Waals surface area contributed by atoms with E-state index in [-0.39, 0.29) is 10.1 Å². The molecule has 2 amide bonds. The van der Waals surface area contributed by atoms with Crippen molar-refractivity contribution in [3.63, 3.8) is 0 Å². The molecule has 5 rings (SSSR count). The summed E-state index contributed by atoms with van der Waals surface area (Å²) in [5.74, 6) is 0.348. The number of aromatic nitrogens is 1. The number of oxazole rings is 1. The van der Waals surface area contributed by atoms with Gasteiger partial charge in [0, 0.05) is 15.8 Å². The zero-order chi connectivity index (χ0) is 22.8. The van der Waals surface area contributed by atoms with Gasteiger partial charge in [-0.3, -0.25) is 5.32 Å². The van der Waals surface area contributed by atoms with Crippen molar-refractivity contribution in [3.8, 4) is 22.7 Å². The fourth-order valence-corrected chi connectivity index (χ4v) is 5.60. The van der Waals surface area contributed by atoms with Gasteiger partial charge in [0.05, 0.1) is 0 Å². The number of carbonyl (C=O) groups excluding carboxylic acids is 1. The number of urea groups is 1.